The van der Waals surface area contributed by atoms with E-state index in [1.165, 1.54) is 17.4 Å². The van der Waals surface area contributed by atoms with Gasteiger partial charge in [0, 0.05) is 30.9 Å². The molecule has 0 bridgehead atoms. The fraction of sp³-hybridized carbons (Fsp3) is 0.579. The Bertz CT molecular complexity index is 851. The van der Waals surface area contributed by atoms with E-state index in [1.807, 2.05) is 0 Å². The van der Waals surface area contributed by atoms with Gasteiger partial charge in [-0.15, -0.1) is 0 Å². The summed E-state index contributed by atoms with van der Waals surface area (Å²) in [5.74, 6) is -2.18. The van der Waals surface area contributed by atoms with Crippen LogP contribution in [0.15, 0.2) is 12.5 Å². The Morgan fingerprint density at radius 1 is 1.32 bits per heavy atom. The third-order valence-electron chi connectivity index (χ3n) is 5.45. The van der Waals surface area contributed by atoms with Crippen molar-refractivity contribution in [2.24, 2.45) is 5.73 Å². The van der Waals surface area contributed by atoms with Crippen LogP contribution in [0.1, 0.15) is 38.8 Å². The predicted octanol–water partition coefficient (Wildman–Crippen LogP) is -1.37. The summed E-state index contributed by atoms with van der Waals surface area (Å²) in [6.07, 6.45) is 3.94. The molecule has 2 saturated heterocycles. The first-order valence-electron chi connectivity index (χ1n) is 10.2. The van der Waals surface area contributed by atoms with E-state index in [9.17, 15) is 24.0 Å². The first kappa shape index (κ1) is 22.2. The first-order valence-corrected chi connectivity index (χ1v) is 10.2. The van der Waals surface area contributed by atoms with Crippen LogP contribution < -0.4 is 16.4 Å². The van der Waals surface area contributed by atoms with Gasteiger partial charge in [0.25, 0.3) is 0 Å². The number of primary amides is 1. The molecule has 12 heteroatoms. The Morgan fingerprint density at radius 2 is 2.06 bits per heavy atom. The number of carbonyl (C=O) groups is 5. The van der Waals surface area contributed by atoms with Crippen molar-refractivity contribution < 1.29 is 24.0 Å². The van der Waals surface area contributed by atoms with Gasteiger partial charge in [-0.3, -0.25) is 24.1 Å². The van der Waals surface area contributed by atoms with Crippen LogP contribution in [0.25, 0.3) is 0 Å². The third kappa shape index (κ3) is 4.84. The number of likely N-dealkylation sites (tertiary alicyclic amines) is 1. The van der Waals surface area contributed by atoms with E-state index in [2.05, 4.69) is 20.6 Å². The van der Waals surface area contributed by atoms with Crippen LogP contribution >= 0.6 is 0 Å². The lowest BCUT2D eigenvalue weighted by atomic mass is 10.1. The van der Waals surface area contributed by atoms with Crippen LogP contribution in [0.3, 0.4) is 0 Å². The van der Waals surface area contributed by atoms with E-state index in [1.54, 1.807) is 13.8 Å². The monoisotopic (exact) mass is 433 g/mol. The minimum absolute atomic E-state index is 0.0965. The normalized spacial score (nSPS) is 22.4. The Kier molecular flexibility index (Phi) is 6.56. The fourth-order valence-corrected chi connectivity index (χ4v) is 3.95. The first-order chi connectivity index (χ1) is 14.7. The maximum atomic E-state index is 13.2. The lowest BCUT2D eigenvalue weighted by Crippen LogP contribution is -2.63. The van der Waals surface area contributed by atoms with Crippen LogP contribution in [-0.4, -0.2) is 80.1 Å². The molecule has 1 aromatic rings. The fourth-order valence-electron chi connectivity index (χ4n) is 3.95. The lowest BCUT2D eigenvalue weighted by Gasteiger charge is -2.34. The van der Waals surface area contributed by atoms with Gasteiger partial charge in [-0.25, -0.2) is 9.78 Å². The third-order valence-corrected chi connectivity index (χ3v) is 5.45. The maximum Gasteiger partial charge on any atom is 0.324 e. The molecule has 2 fully saturated rings. The number of aromatic nitrogens is 2. The highest BCUT2D eigenvalue weighted by molar-refractivity contribution is 6.03. The Labute approximate surface area is 178 Å². The Balaban J connectivity index is 1.75. The maximum absolute atomic E-state index is 13.2. The van der Waals surface area contributed by atoms with E-state index in [-0.39, 0.29) is 18.9 Å². The van der Waals surface area contributed by atoms with E-state index < -0.39 is 47.8 Å². The van der Waals surface area contributed by atoms with Crippen molar-refractivity contribution in [2.45, 2.75) is 63.7 Å². The van der Waals surface area contributed by atoms with E-state index in [0.29, 0.717) is 25.1 Å². The van der Waals surface area contributed by atoms with Crippen LogP contribution in [0.4, 0.5) is 4.79 Å². The average molecular weight is 433 g/mol. The molecular weight excluding hydrogens is 406 g/mol. The number of rotatable bonds is 7. The molecule has 2 aliphatic heterocycles. The number of amides is 6. The number of hydrogen-bond acceptors (Lipinski definition) is 6. The zero-order chi connectivity index (χ0) is 22.7. The minimum atomic E-state index is -1.10. The molecule has 6 amide bonds. The van der Waals surface area contributed by atoms with Crippen LogP contribution in [0, 0.1) is 0 Å². The summed E-state index contributed by atoms with van der Waals surface area (Å²) >= 11 is 0. The molecule has 3 rings (SSSR count). The second-order valence-corrected chi connectivity index (χ2v) is 8.00. The summed E-state index contributed by atoms with van der Waals surface area (Å²) in [6, 6.07) is -3.85. The van der Waals surface area contributed by atoms with Crippen LogP contribution in [0.5, 0.6) is 0 Å². The van der Waals surface area contributed by atoms with Gasteiger partial charge in [-0.2, -0.15) is 0 Å². The number of nitrogens with one attached hydrogen (secondary N) is 3. The number of imide groups is 1. The number of H-pyrrole nitrogens is 1. The molecule has 0 aromatic carbocycles. The van der Waals surface area contributed by atoms with E-state index in [4.69, 9.17) is 5.73 Å². The van der Waals surface area contributed by atoms with E-state index in [0.717, 1.165) is 4.90 Å². The number of imidazole rings is 1. The smallest absolute Gasteiger partial charge is 0.324 e. The van der Waals surface area contributed by atoms with Gasteiger partial charge in [0.05, 0.1) is 12.7 Å². The highest BCUT2D eigenvalue weighted by Gasteiger charge is 2.40. The van der Waals surface area contributed by atoms with Crippen molar-refractivity contribution >= 4 is 29.7 Å². The standard InChI is InChI=1S/C19H27N7O5/c1-10(2)26-15(27)7-12(24-19(26)31)17(29)23-13(6-11-8-21-9-22-11)18(30)25-5-3-4-14(25)16(20)28/h8-10,12-14H,3-7H2,1-2H3,(H2,20,28)(H,21,22)(H,23,29)(H,24,31)/t12-,13+,14+/m0/s1. The zero-order valence-corrected chi connectivity index (χ0v) is 17.5. The molecule has 168 valence electrons. The molecule has 0 saturated carbocycles. The van der Waals surface area contributed by atoms with Crippen molar-refractivity contribution in [3.8, 4) is 0 Å². The van der Waals surface area contributed by atoms with Crippen molar-refractivity contribution in [3.63, 3.8) is 0 Å². The molecule has 1 aromatic heterocycles. The van der Waals surface area contributed by atoms with Crippen LogP contribution in [0.2, 0.25) is 0 Å². The summed E-state index contributed by atoms with van der Waals surface area (Å²) < 4.78 is 0. The van der Waals surface area contributed by atoms with Crippen LogP contribution in [-0.2, 0) is 25.6 Å². The van der Waals surface area contributed by atoms with Gasteiger partial charge in [0.1, 0.15) is 18.1 Å². The number of carbonyl (C=O) groups excluding carboxylic acids is 5. The largest absolute Gasteiger partial charge is 0.368 e. The summed E-state index contributed by atoms with van der Waals surface area (Å²) in [5, 5.41) is 5.14. The minimum Gasteiger partial charge on any atom is -0.368 e. The predicted molar refractivity (Wildman–Crippen MR) is 107 cm³/mol. The topological polar surface area (TPSA) is 171 Å². The number of nitrogens with zero attached hydrogens (tertiary/aromatic N) is 3. The van der Waals surface area contributed by atoms with Gasteiger partial charge in [0.15, 0.2) is 0 Å². The van der Waals surface area contributed by atoms with Gasteiger partial charge in [-0.05, 0) is 26.7 Å². The molecule has 31 heavy (non-hydrogen) atoms. The summed E-state index contributed by atoms with van der Waals surface area (Å²) in [6.45, 7) is 3.74. The molecule has 3 atom stereocenters. The summed E-state index contributed by atoms with van der Waals surface area (Å²) in [4.78, 5) is 71.5. The molecule has 3 heterocycles. The number of urea groups is 1. The molecule has 0 unspecified atom stereocenters. The number of nitrogens with two attached hydrogens (primary N) is 1. The second-order valence-electron chi connectivity index (χ2n) is 8.00. The van der Waals surface area contributed by atoms with Gasteiger partial charge < -0.3 is 26.3 Å². The lowest BCUT2D eigenvalue weighted by molar-refractivity contribution is -0.141. The highest BCUT2D eigenvalue weighted by atomic mass is 16.2. The number of aromatic amines is 1. The molecule has 0 radical (unpaired) electrons. The van der Waals surface area contributed by atoms with Gasteiger partial charge in [0.2, 0.25) is 23.6 Å². The molecule has 12 nitrogen and oxygen atoms in total. The Morgan fingerprint density at radius 3 is 2.65 bits per heavy atom. The molecule has 0 aliphatic carbocycles. The van der Waals surface area contributed by atoms with Gasteiger partial charge in [-0.1, -0.05) is 0 Å². The second kappa shape index (κ2) is 9.14. The van der Waals surface area contributed by atoms with E-state index >= 15 is 0 Å². The molecule has 2 aliphatic rings. The molecule has 5 N–H and O–H groups in total. The summed E-state index contributed by atoms with van der Waals surface area (Å²) in [7, 11) is 0. The highest BCUT2D eigenvalue weighted by Crippen LogP contribution is 2.19. The zero-order valence-electron chi connectivity index (χ0n) is 17.5. The van der Waals surface area contributed by atoms with Crippen molar-refractivity contribution in [1.82, 2.24) is 30.4 Å². The van der Waals surface area contributed by atoms with Crippen molar-refractivity contribution in [2.75, 3.05) is 6.54 Å². The Hall–Kier alpha value is -3.44. The molecule has 0 spiro atoms. The number of hydrogen-bond donors (Lipinski definition) is 4. The quantitative estimate of drug-likeness (QED) is 0.413. The summed E-state index contributed by atoms with van der Waals surface area (Å²) in [5.41, 5.74) is 6.02. The van der Waals surface area contributed by atoms with Gasteiger partial charge >= 0.3 is 6.03 Å². The van der Waals surface area contributed by atoms with Crippen molar-refractivity contribution in [3.05, 3.63) is 18.2 Å². The molecular formula is C19H27N7O5. The SMILES string of the molecule is CC(C)N1C(=O)C[C@@H](C(=O)N[C@H](Cc2cnc[nH]2)C(=O)N2CCC[C@@H]2C(N)=O)NC1=O. The average Bonchev–Trinajstić information content (AvgIpc) is 3.37. The van der Waals surface area contributed by atoms with Crippen molar-refractivity contribution in [1.29, 1.82) is 0 Å².